The molecule has 9 heteroatoms. The Morgan fingerprint density at radius 2 is 1.74 bits per heavy atom. The summed E-state index contributed by atoms with van der Waals surface area (Å²) < 4.78 is 0. The molecule has 0 atom stereocenters. The molecule has 1 aromatic carbocycles. The molecule has 2 aliphatic rings. The van der Waals surface area contributed by atoms with Gasteiger partial charge in [0, 0.05) is 43.0 Å². The van der Waals surface area contributed by atoms with E-state index in [1.54, 1.807) is 35.6 Å². The van der Waals surface area contributed by atoms with Crippen LogP contribution in [0.15, 0.2) is 49.2 Å². The summed E-state index contributed by atoms with van der Waals surface area (Å²) in [5, 5.41) is 0.609. The molecule has 4 heterocycles. The average molecular weight is 477 g/mol. The van der Waals surface area contributed by atoms with Crippen LogP contribution in [0.2, 0.25) is 5.02 Å². The third kappa shape index (κ3) is 3.68. The molecule has 3 aromatic rings. The molecular weight excluding hydrogens is 452 g/mol. The topological polar surface area (TPSA) is 82.5 Å². The van der Waals surface area contributed by atoms with Crippen LogP contribution in [0.4, 0.5) is 11.4 Å². The van der Waals surface area contributed by atoms with Crippen LogP contribution >= 0.6 is 11.6 Å². The Balaban J connectivity index is 1.34. The number of pyridine rings is 1. The first kappa shape index (κ1) is 22.3. The van der Waals surface area contributed by atoms with Crippen LogP contribution in [-0.2, 0) is 5.54 Å². The normalized spacial score (nSPS) is 17.2. The number of piperazine rings is 1. The zero-order valence-electron chi connectivity index (χ0n) is 19.3. The monoisotopic (exact) mass is 476 g/mol. The van der Waals surface area contributed by atoms with E-state index in [0.29, 0.717) is 48.0 Å². The first-order valence-electron chi connectivity index (χ1n) is 11.2. The molecule has 0 unspecified atom stereocenters. The van der Waals surface area contributed by atoms with Gasteiger partial charge in [-0.1, -0.05) is 11.6 Å². The van der Waals surface area contributed by atoms with Gasteiger partial charge in [0.15, 0.2) is 0 Å². The SMILES string of the molecule is Cc1ncncc1C(=O)N1CCN(c2cncc(N3C(=O)c4ccc(Cl)cc4C3(C)C)c2)CC1. The lowest BCUT2D eigenvalue weighted by Crippen LogP contribution is -2.49. The lowest BCUT2D eigenvalue weighted by atomic mass is 9.93. The number of anilines is 2. The number of carbonyl (C=O) groups excluding carboxylic acids is 2. The molecule has 1 saturated heterocycles. The van der Waals surface area contributed by atoms with E-state index in [0.717, 1.165) is 16.9 Å². The predicted octanol–water partition coefficient (Wildman–Crippen LogP) is 3.69. The van der Waals surface area contributed by atoms with Crippen LogP contribution in [0.25, 0.3) is 0 Å². The molecule has 0 saturated carbocycles. The lowest BCUT2D eigenvalue weighted by Gasteiger charge is -2.37. The lowest BCUT2D eigenvalue weighted by molar-refractivity contribution is 0.0744. The molecule has 0 bridgehead atoms. The van der Waals surface area contributed by atoms with E-state index in [2.05, 4.69) is 19.9 Å². The fourth-order valence-corrected chi connectivity index (χ4v) is 4.97. The standard InChI is InChI=1S/C25H25ClN6O2/c1-16-21(14-28-15-29-16)23(33)31-8-6-30(7-9-31)18-11-19(13-27-12-18)32-24(34)20-5-4-17(26)10-22(20)25(32,2)3/h4-5,10-15H,6-9H2,1-3H3. The Hall–Kier alpha value is -3.52. The molecule has 1 fully saturated rings. The number of amides is 2. The molecule has 174 valence electrons. The number of carbonyl (C=O) groups is 2. The van der Waals surface area contributed by atoms with Crippen LogP contribution in [0.5, 0.6) is 0 Å². The molecule has 5 rings (SSSR count). The Kier molecular flexibility index (Phi) is 5.48. The van der Waals surface area contributed by atoms with Gasteiger partial charge in [-0.25, -0.2) is 9.97 Å². The van der Waals surface area contributed by atoms with E-state index in [-0.39, 0.29) is 11.8 Å². The zero-order valence-corrected chi connectivity index (χ0v) is 20.1. The summed E-state index contributed by atoms with van der Waals surface area (Å²) in [5.41, 5.74) is 3.87. The summed E-state index contributed by atoms with van der Waals surface area (Å²) in [6, 6.07) is 7.39. The van der Waals surface area contributed by atoms with Crippen LogP contribution < -0.4 is 9.80 Å². The Morgan fingerprint density at radius 3 is 2.47 bits per heavy atom. The number of aromatic nitrogens is 3. The molecule has 8 nitrogen and oxygen atoms in total. The fourth-order valence-electron chi connectivity index (χ4n) is 4.79. The van der Waals surface area contributed by atoms with Gasteiger partial charge >= 0.3 is 0 Å². The van der Waals surface area contributed by atoms with Crippen molar-refractivity contribution >= 4 is 34.8 Å². The minimum Gasteiger partial charge on any atom is -0.367 e. The minimum absolute atomic E-state index is 0.0505. The third-order valence-electron chi connectivity index (χ3n) is 6.67. The van der Waals surface area contributed by atoms with Gasteiger partial charge in [0.1, 0.15) is 6.33 Å². The van der Waals surface area contributed by atoms with Crippen molar-refractivity contribution in [3.8, 4) is 0 Å². The fraction of sp³-hybridized carbons (Fsp3) is 0.320. The van der Waals surface area contributed by atoms with Crippen molar-refractivity contribution in [1.29, 1.82) is 0 Å². The van der Waals surface area contributed by atoms with Gasteiger partial charge < -0.3 is 9.80 Å². The highest BCUT2D eigenvalue weighted by Crippen LogP contribution is 2.43. The zero-order chi connectivity index (χ0) is 24.0. The van der Waals surface area contributed by atoms with Crippen LogP contribution in [0.1, 0.15) is 45.8 Å². The van der Waals surface area contributed by atoms with E-state index < -0.39 is 5.54 Å². The number of benzene rings is 1. The van der Waals surface area contributed by atoms with Gasteiger partial charge in [-0.05, 0) is 50.6 Å². The Morgan fingerprint density at radius 1 is 1.00 bits per heavy atom. The van der Waals surface area contributed by atoms with Gasteiger partial charge in [0.05, 0.1) is 40.6 Å². The highest BCUT2D eigenvalue weighted by molar-refractivity contribution is 6.31. The largest absolute Gasteiger partial charge is 0.367 e. The number of hydrogen-bond acceptors (Lipinski definition) is 6. The van der Waals surface area contributed by atoms with E-state index in [1.165, 1.54) is 6.33 Å². The molecule has 0 aliphatic carbocycles. The molecular formula is C25H25ClN6O2. The summed E-state index contributed by atoms with van der Waals surface area (Å²) in [5.74, 6) is -0.114. The van der Waals surface area contributed by atoms with E-state index in [4.69, 9.17) is 11.6 Å². The molecule has 0 N–H and O–H groups in total. The van der Waals surface area contributed by atoms with Gasteiger partial charge in [-0.2, -0.15) is 0 Å². The number of hydrogen-bond donors (Lipinski definition) is 0. The Labute approximate surface area is 203 Å². The predicted molar refractivity (Wildman–Crippen MR) is 130 cm³/mol. The summed E-state index contributed by atoms with van der Waals surface area (Å²) in [6.45, 7) is 8.33. The number of fused-ring (bicyclic) bond motifs is 1. The number of halogens is 1. The van der Waals surface area contributed by atoms with Gasteiger partial charge in [0.2, 0.25) is 0 Å². The number of nitrogens with zero attached hydrogens (tertiary/aromatic N) is 6. The molecule has 34 heavy (non-hydrogen) atoms. The number of rotatable bonds is 3. The van der Waals surface area contributed by atoms with Crippen molar-refractivity contribution in [3.05, 3.63) is 76.6 Å². The van der Waals surface area contributed by atoms with E-state index in [1.807, 2.05) is 37.8 Å². The third-order valence-corrected chi connectivity index (χ3v) is 6.91. The van der Waals surface area contributed by atoms with Crippen molar-refractivity contribution in [3.63, 3.8) is 0 Å². The van der Waals surface area contributed by atoms with Crippen molar-refractivity contribution in [1.82, 2.24) is 19.9 Å². The van der Waals surface area contributed by atoms with Crippen LogP contribution in [0, 0.1) is 6.92 Å². The molecule has 2 amide bonds. The van der Waals surface area contributed by atoms with E-state index in [9.17, 15) is 9.59 Å². The average Bonchev–Trinajstić information content (AvgIpc) is 3.03. The summed E-state index contributed by atoms with van der Waals surface area (Å²) >= 11 is 6.22. The van der Waals surface area contributed by atoms with Crippen molar-refractivity contribution in [2.24, 2.45) is 0 Å². The van der Waals surface area contributed by atoms with Gasteiger partial charge in [-0.3, -0.25) is 19.5 Å². The molecule has 0 spiro atoms. The Bertz CT molecular complexity index is 1290. The quantitative estimate of drug-likeness (QED) is 0.573. The molecule has 0 radical (unpaired) electrons. The summed E-state index contributed by atoms with van der Waals surface area (Å²) in [7, 11) is 0. The van der Waals surface area contributed by atoms with Crippen molar-refractivity contribution in [2.75, 3.05) is 36.0 Å². The molecule has 2 aromatic heterocycles. The van der Waals surface area contributed by atoms with Gasteiger partial charge in [-0.15, -0.1) is 0 Å². The van der Waals surface area contributed by atoms with Crippen molar-refractivity contribution in [2.45, 2.75) is 26.3 Å². The highest BCUT2D eigenvalue weighted by atomic mass is 35.5. The molecule has 2 aliphatic heterocycles. The number of aryl methyl sites for hydroxylation is 1. The second-order valence-corrected chi connectivity index (χ2v) is 9.53. The first-order chi connectivity index (χ1) is 16.3. The maximum Gasteiger partial charge on any atom is 0.259 e. The summed E-state index contributed by atoms with van der Waals surface area (Å²) in [6.07, 6.45) is 6.54. The maximum atomic E-state index is 13.3. The maximum absolute atomic E-state index is 13.3. The summed E-state index contributed by atoms with van der Waals surface area (Å²) in [4.78, 5) is 44.5. The highest BCUT2D eigenvalue weighted by Gasteiger charge is 2.44. The van der Waals surface area contributed by atoms with Crippen molar-refractivity contribution < 1.29 is 9.59 Å². The first-order valence-corrected chi connectivity index (χ1v) is 11.6. The van der Waals surface area contributed by atoms with Crippen LogP contribution in [-0.4, -0.2) is 57.8 Å². The second kappa shape index (κ2) is 8.36. The minimum atomic E-state index is -0.557. The van der Waals surface area contributed by atoms with Crippen LogP contribution in [0.3, 0.4) is 0 Å². The van der Waals surface area contributed by atoms with Gasteiger partial charge in [0.25, 0.3) is 11.8 Å². The van der Waals surface area contributed by atoms with E-state index >= 15 is 0 Å². The smallest absolute Gasteiger partial charge is 0.259 e. The second-order valence-electron chi connectivity index (χ2n) is 9.09.